The summed E-state index contributed by atoms with van der Waals surface area (Å²) in [5, 5.41) is 3.57. The van der Waals surface area contributed by atoms with Crippen LogP contribution in [0, 0.1) is 6.92 Å². The third-order valence-corrected chi connectivity index (χ3v) is 4.44. The number of anilines is 1. The molecule has 0 radical (unpaired) electrons. The minimum absolute atomic E-state index is 0.241. The Kier molecular flexibility index (Phi) is 6.28. The number of rotatable bonds is 5. The first-order chi connectivity index (χ1) is 11.8. The van der Waals surface area contributed by atoms with Crippen LogP contribution < -0.4 is 11.1 Å². The number of hydrogen-bond acceptors (Lipinski definition) is 4. The molecule has 5 nitrogen and oxygen atoms in total. The zero-order valence-corrected chi connectivity index (χ0v) is 15.3. The maximum atomic E-state index is 12.0. The maximum Gasteiger partial charge on any atom is 0.340 e. The molecule has 0 aromatic heterocycles. The van der Waals surface area contributed by atoms with E-state index in [4.69, 9.17) is 33.7 Å². The lowest BCUT2D eigenvalue weighted by atomic mass is 10.1. The summed E-state index contributed by atoms with van der Waals surface area (Å²) >= 11 is 11.8. The second-order valence-electron chi connectivity index (χ2n) is 5.58. The summed E-state index contributed by atoms with van der Waals surface area (Å²) in [4.78, 5) is 24.0. The summed E-state index contributed by atoms with van der Waals surface area (Å²) in [6.45, 7) is 3.17. The molecule has 25 heavy (non-hydrogen) atoms. The quantitative estimate of drug-likeness (QED) is 0.608. The van der Waals surface area contributed by atoms with E-state index >= 15 is 0 Å². The number of carbonyl (C=O) groups excluding carboxylic acids is 2. The van der Waals surface area contributed by atoms with Gasteiger partial charge in [-0.05, 0) is 43.2 Å². The van der Waals surface area contributed by atoms with Crippen LogP contribution in [0.15, 0.2) is 36.4 Å². The smallest absolute Gasteiger partial charge is 0.340 e. The summed E-state index contributed by atoms with van der Waals surface area (Å²) in [5.74, 6) is -1.07. The van der Waals surface area contributed by atoms with E-state index in [0.717, 1.165) is 11.1 Å². The fourth-order valence-electron chi connectivity index (χ4n) is 2.22. The lowest BCUT2D eigenvalue weighted by molar-refractivity contribution is -0.124. The van der Waals surface area contributed by atoms with Crippen molar-refractivity contribution in [1.82, 2.24) is 5.32 Å². The highest BCUT2D eigenvalue weighted by atomic mass is 35.5. The van der Waals surface area contributed by atoms with Gasteiger partial charge in [0.05, 0.1) is 21.7 Å². The Morgan fingerprint density at radius 3 is 2.60 bits per heavy atom. The first kappa shape index (κ1) is 19.1. The number of amides is 1. The number of carbonyl (C=O) groups is 2. The number of aryl methyl sites for hydroxylation is 1. The van der Waals surface area contributed by atoms with Crippen LogP contribution >= 0.6 is 23.2 Å². The summed E-state index contributed by atoms with van der Waals surface area (Å²) in [6, 6.07) is 9.83. The fraction of sp³-hybridized carbons (Fsp3) is 0.222. The van der Waals surface area contributed by atoms with E-state index < -0.39 is 18.5 Å². The highest BCUT2D eigenvalue weighted by Crippen LogP contribution is 2.25. The molecule has 3 N–H and O–H groups in total. The Labute approximate surface area is 156 Å². The van der Waals surface area contributed by atoms with Gasteiger partial charge >= 0.3 is 5.97 Å². The number of nitrogens with one attached hydrogen (secondary N) is 1. The molecule has 2 aromatic rings. The Bertz CT molecular complexity index is 809. The first-order valence-corrected chi connectivity index (χ1v) is 8.31. The summed E-state index contributed by atoms with van der Waals surface area (Å²) in [7, 11) is 0. The van der Waals surface area contributed by atoms with E-state index in [1.807, 2.05) is 0 Å². The number of hydrogen-bond donors (Lipinski definition) is 2. The lowest BCUT2D eigenvalue weighted by Gasteiger charge is -2.15. The van der Waals surface area contributed by atoms with Gasteiger partial charge in [-0.15, -0.1) is 0 Å². The van der Waals surface area contributed by atoms with E-state index in [9.17, 15) is 9.59 Å². The second-order valence-corrected chi connectivity index (χ2v) is 6.39. The predicted octanol–water partition coefficient (Wildman–Crippen LogP) is 3.92. The number of nitrogens with two attached hydrogens (primary N) is 1. The van der Waals surface area contributed by atoms with Crippen molar-refractivity contribution in [2.24, 2.45) is 0 Å². The SMILES string of the molecule is Cc1cccc(C(=O)OCC(=O)N[C@H](C)c2ccc(Cl)c(Cl)c2)c1N. The van der Waals surface area contributed by atoms with E-state index in [0.29, 0.717) is 15.7 Å². The molecule has 7 heteroatoms. The van der Waals surface area contributed by atoms with E-state index in [2.05, 4.69) is 5.32 Å². The topological polar surface area (TPSA) is 81.4 Å². The highest BCUT2D eigenvalue weighted by molar-refractivity contribution is 6.42. The Morgan fingerprint density at radius 2 is 1.92 bits per heavy atom. The van der Waals surface area contributed by atoms with E-state index in [1.165, 1.54) is 0 Å². The molecule has 0 aliphatic carbocycles. The standard InChI is InChI=1S/C18H18Cl2N2O3/c1-10-4-3-5-13(17(10)21)18(24)25-9-16(23)22-11(2)12-6-7-14(19)15(20)8-12/h3-8,11H,9,21H2,1-2H3,(H,22,23)/t11-/m1/s1. The predicted molar refractivity (Wildman–Crippen MR) is 98.9 cm³/mol. The zero-order valence-electron chi connectivity index (χ0n) is 13.8. The van der Waals surface area contributed by atoms with Crippen LogP contribution in [0.5, 0.6) is 0 Å². The molecule has 0 aliphatic rings. The van der Waals surface area contributed by atoms with Crippen molar-refractivity contribution in [3.8, 4) is 0 Å². The van der Waals surface area contributed by atoms with Gasteiger partial charge in [0.1, 0.15) is 0 Å². The largest absolute Gasteiger partial charge is 0.452 e. The van der Waals surface area contributed by atoms with Crippen molar-refractivity contribution in [1.29, 1.82) is 0 Å². The van der Waals surface area contributed by atoms with Gasteiger partial charge in [-0.3, -0.25) is 4.79 Å². The van der Waals surface area contributed by atoms with E-state index in [1.54, 1.807) is 50.2 Å². The third-order valence-electron chi connectivity index (χ3n) is 3.70. The lowest BCUT2D eigenvalue weighted by Crippen LogP contribution is -2.31. The molecule has 0 fully saturated rings. The van der Waals surface area contributed by atoms with Crippen LogP contribution in [0.3, 0.4) is 0 Å². The summed E-state index contributed by atoms with van der Waals surface area (Å²) in [6.07, 6.45) is 0. The average Bonchev–Trinajstić information content (AvgIpc) is 2.57. The monoisotopic (exact) mass is 380 g/mol. The minimum atomic E-state index is -0.640. The van der Waals surface area contributed by atoms with Gasteiger partial charge in [-0.1, -0.05) is 41.4 Å². The molecule has 1 amide bonds. The summed E-state index contributed by atoms with van der Waals surface area (Å²) < 4.78 is 5.03. The van der Waals surface area contributed by atoms with Crippen molar-refractivity contribution >= 4 is 40.8 Å². The fourth-order valence-corrected chi connectivity index (χ4v) is 2.52. The first-order valence-electron chi connectivity index (χ1n) is 7.56. The van der Waals surface area contributed by atoms with Crippen molar-refractivity contribution < 1.29 is 14.3 Å². The molecule has 132 valence electrons. The average molecular weight is 381 g/mol. The van der Waals surface area contributed by atoms with Crippen molar-refractivity contribution in [2.45, 2.75) is 19.9 Å². The molecule has 0 spiro atoms. The Morgan fingerprint density at radius 1 is 1.20 bits per heavy atom. The van der Waals surface area contributed by atoms with Gasteiger partial charge in [-0.2, -0.15) is 0 Å². The van der Waals surface area contributed by atoms with Gasteiger partial charge < -0.3 is 15.8 Å². The minimum Gasteiger partial charge on any atom is -0.452 e. The van der Waals surface area contributed by atoms with Crippen molar-refractivity contribution in [3.05, 3.63) is 63.1 Å². The van der Waals surface area contributed by atoms with Gasteiger partial charge in [0.25, 0.3) is 5.91 Å². The number of nitrogen functional groups attached to an aromatic ring is 1. The third kappa shape index (κ3) is 4.87. The molecule has 0 saturated carbocycles. The Hall–Kier alpha value is -2.24. The molecule has 2 aromatic carbocycles. The Balaban J connectivity index is 1.92. The van der Waals surface area contributed by atoms with Crippen LogP contribution in [-0.4, -0.2) is 18.5 Å². The molecule has 1 atom stereocenters. The maximum absolute atomic E-state index is 12.0. The number of para-hydroxylation sites is 1. The molecule has 0 unspecified atom stereocenters. The number of ether oxygens (including phenoxy) is 1. The highest BCUT2D eigenvalue weighted by Gasteiger charge is 2.16. The zero-order chi connectivity index (χ0) is 18.6. The van der Waals surface area contributed by atoms with E-state index in [-0.39, 0.29) is 11.6 Å². The van der Waals surface area contributed by atoms with Crippen LogP contribution in [0.4, 0.5) is 5.69 Å². The molecule has 0 bridgehead atoms. The number of esters is 1. The van der Waals surface area contributed by atoms with Crippen LogP contribution in [-0.2, 0) is 9.53 Å². The van der Waals surface area contributed by atoms with Crippen LogP contribution in [0.1, 0.15) is 34.5 Å². The van der Waals surface area contributed by atoms with Gasteiger partial charge in [0.15, 0.2) is 6.61 Å². The molecule has 2 rings (SSSR count). The molecular formula is C18H18Cl2N2O3. The molecule has 0 saturated heterocycles. The number of halogens is 2. The van der Waals surface area contributed by atoms with Gasteiger partial charge in [-0.25, -0.2) is 4.79 Å². The molecular weight excluding hydrogens is 363 g/mol. The van der Waals surface area contributed by atoms with Gasteiger partial charge in [0.2, 0.25) is 0 Å². The normalized spacial score (nSPS) is 11.7. The molecule has 0 heterocycles. The summed E-state index contributed by atoms with van der Waals surface area (Å²) in [5.41, 5.74) is 7.99. The van der Waals surface area contributed by atoms with Crippen LogP contribution in [0.25, 0.3) is 0 Å². The van der Waals surface area contributed by atoms with Gasteiger partial charge in [0, 0.05) is 5.69 Å². The van der Waals surface area contributed by atoms with Crippen molar-refractivity contribution in [2.75, 3.05) is 12.3 Å². The van der Waals surface area contributed by atoms with Crippen molar-refractivity contribution in [3.63, 3.8) is 0 Å². The second kappa shape index (κ2) is 8.23. The van der Waals surface area contributed by atoms with Crippen LogP contribution in [0.2, 0.25) is 10.0 Å². The molecule has 0 aliphatic heterocycles. The number of benzene rings is 2.